The monoisotopic (exact) mass is 295 g/mol. The maximum absolute atomic E-state index is 13.6. The number of nitrogens with two attached hydrogens (primary N) is 1. The summed E-state index contributed by atoms with van der Waals surface area (Å²) in [5.74, 6) is 0.805. The number of nitrogens with one attached hydrogen (secondary N) is 1. The molecule has 3 N–H and O–H groups in total. The second-order valence-electron chi connectivity index (χ2n) is 6.06. The van der Waals surface area contributed by atoms with Crippen molar-refractivity contribution in [2.75, 3.05) is 13.3 Å². The van der Waals surface area contributed by atoms with Gasteiger partial charge in [0.15, 0.2) is 12.8 Å². The van der Waals surface area contributed by atoms with Crippen LogP contribution in [-0.2, 0) is 17.8 Å². The van der Waals surface area contributed by atoms with E-state index >= 15 is 0 Å². The summed E-state index contributed by atoms with van der Waals surface area (Å²) in [6.07, 6.45) is 0.562. The highest BCUT2D eigenvalue weighted by Crippen LogP contribution is 2.29. The molecule has 1 aliphatic rings. The van der Waals surface area contributed by atoms with E-state index in [1.807, 2.05) is 20.8 Å². The van der Waals surface area contributed by atoms with Crippen molar-refractivity contribution < 1.29 is 13.9 Å². The fourth-order valence-corrected chi connectivity index (χ4v) is 2.16. The van der Waals surface area contributed by atoms with Crippen LogP contribution in [0.3, 0.4) is 0 Å². The smallest absolute Gasteiger partial charge is 0.189 e. The number of nitrogens with zero attached hydrogens (tertiary/aromatic N) is 1. The lowest BCUT2D eigenvalue weighted by Crippen LogP contribution is -2.45. The summed E-state index contributed by atoms with van der Waals surface area (Å²) in [5.41, 5.74) is 7.20. The van der Waals surface area contributed by atoms with Crippen LogP contribution in [0.2, 0.25) is 0 Å². The Balaban J connectivity index is 2.03. The largest absolute Gasteiger partial charge is 0.467 e. The SMILES string of the molecule is CC(C)(C)NC(N)=NCCc1cc(F)cc2c1OCOC2. The van der Waals surface area contributed by atoms with Gasteiger partial charge in [-0.25, -0.2) is 4.39 Å². The topological polar surface area (TPSA) is 68.9 Å². The molecule has 116 valence electrons. The molecule has 1 aliphatic heterocycles. The van der Waals surface area contributed by atoms with E-state index in [-0.39, 0.29) is 18.1 Å². The summed E-state index contributed by atoms with van der Waals surface area (Å²) in [6, 6.07) is 2.92. The Hall–Kier alpha value is -1.82. The average molecular weight is 295 g/mol. The van der Waals surface area contributed by atoms with Gasteiger partial charge in [-0.1, -0.05) is 0 Å². The van der Waals surface area contributed by atoms with E-state index in [4.69, 9.17) is 15.2 Å². The number of hydrogen-bond acceptors (Lipinski definition) is 3. The van der Waals surface area contributed by atoms with Crippen molar-refractivity contribution in [3.05, 3.63) is 29.1 Å². The molecule has 0 aliphatic carbocycles. The fraction of sp³-hybridized carbons (Fsp3) is 0.533. The minimum atomic E-state index is -0.289. The molecule has 0 fully saturated rings. The van der Waals surface area contributed by atoms with Gasteiger partial charge in [0.2, 0.25) is 0 Å². The number of hydrogen-bond donors (Lipinski definition) is 2. The molecule has 1 heterocycles. The van der Waals surface area contributed by atoms with Crippen molar-refractivity contribution in [2.45, 2.75) is 39.3 Å². The van der Waals surface area contributed by atoms with Gasteiger partial charge in [-0.2, -0.15) is 0 Å². The lowest BCUT2D eigenvalue weighted by Gasteiger charge is -2.21. The van der Waals surface area contributed by atoms with Gasteiger partial charge in [-0.15, -0.1) is 0 Å². The highest BCUT2D eigenvalue weighted by molar-refractivity contribution is 5.78. The Morgan fingerprint density at radius 1 is 1.43 bits per heavy atom. The van der Waals surface area contributed by atoms with Gasteiger partial charge in [-0.05, 0) is 44.9 Å². The van der Waals surface area contributed by atoms with Crippen LogP contribution in [0.5, 0.6) is 5.75 Å². The molecule has 0 amide bonds. The molecule has 1 aromatic rings. The standard InChI is InChI=1S/C15H22FN3O2/c1-15(2,3)19-14(17)18-5-4-10-6-12(16)7-11-8-20-9-21-13(10)11/h6-7H,4-5,8-9H2,1-3H3,(H3,17,18,19). The molecule has 5 nitrogen and oxygen atoms in total. The van der Waals surface area contributed by atoms with Crippen LogP contribution in [0.25, 0.3) is 0 Å². The number of aliphatic imine (C=N–C) groups is 1. The molecule has 2 rings (SSSR count). The van der Waals surface area contributed by atoms with Gasteiger partial charge in [0.1, 0.15) is 11.6 Å². The van der Waals surface area contributed by atoms with Crippen LogP contribution < -0.4 is 15.8 Å². The number of ether oxygens (including phenoxy) is 2. The van der Waals surface area contributed by atoms with E-state index < -0.39 is 0 Å². The second kappa shape index (κ2) is 6.30. The molecule has 0 spiro atoms. The Kier molecular flexibility index (Phi) is 4.67. The van der Waals surface area contributed by atoms with Crippen molar-refractivity contribution in [3.8, 4) is 5.75 Å². The van der Waals surface area contributed by atoms with Crippen LogP contribution in [0, 0.1) is 5.82 Å². The number of rotatable bonds is 3. The van der Waals surface area contributed by atoms with Crippen LogP contribution in [0.15, 0.2) is 17.1 Å². The first-order chi connectivity index (χ1) is 9.85. The number of benzene rings is 1. The maximum atomic E-state index is 13.6. The molecule has 0 radical (unpaired) electrons. The molecular weight excluding hydrogens is 273 g/mol. The first-order valence-electron chi connectivity index (χ1n) is 6.95. The molecule has 6 heteroatoms. The maximum Gasteiger partial charge on any atom is 0.189 e. The van der Waals surface area contributed by atoms with E-state index in [9.17, 15) is 4.39 Å². The average Bonchev–Trinajstić information content (AvgIpc) is 2.36. The van der Waals surface area contributed by atoms with Crippen molar-refractivity contribution in [3.63, 3.8) is 0 Å². The van der Waals surface area contributed by atoms with Crippen LogP contribution in [-0.4, -0.2) is 24.8 Å². The van der Waals surface area contributed by atoms with Gasteiger partial charge >= 0.3 is 0 Å². The van der Waals surface area contributed by atoms with Crippen LogP contribution in [0.4, 0.5) is 4.39 Å². The van der Waals surface area contributed by atoms with Crippen molar-refractivity contribution in [1.29, 1.82) is 0 Å². The summed E-state index contributed by atoms with van der Waals surface area (Å²) < 4.78 is 24.2. The molecule has 0 saturated heterocycles. The molecule has 1 aromatic carbocycles. The van der Waals surface area contributed by atoms with Gasteiger partial charge < -0.3 is 20.5 Å². The number of guanidine groups is 1. The zero-order valence-electron chi connectivity index (χ0n) is 12.7. The third-order valence-electron chi connectivity index (χ3n) is 2.92. The Bertz CT molecular complexity index is 538. The molecule has 0 aromatic heterocycles. The molecule has 21 heavy (non-hydrogen) atoms. The summed E-state index contributed by atoms with van der Waals surface area (Å²) in [5, 5.41) is 3.08. The zero-order valence-corrected chi connectivity index (χ0v) is 12.7. The van der Waals surface area contributed by atoms with Crippen LogP contribution >= 0.6 is 0 Å². The second-order valence-corrected chi connectivity index (χ2v) is 6.06. The van der Waals surface area contributed by atoms with E-state index in [2.05, 4.69) is 10.3 Å². The Morgan fingerprint density at radius 3 is 2.90 bits per heavy atom. The first-order valence-corrected chi connectivity index (χ1v) is 6.95. The van der Waals surface area contributed by atoms with Gasteiger partial charge in [0, 0.05) is 17.6 Å². The summed E-state index contributed by atoms with van der Waals surface area (Å²) in [4.78, 5) is 4.26. The predicted molar refractivity (Wildman–Crippen MR) is 79.8 cm³/mol. The fourth-order valence-electron chi connectivity index (χ4n) is 2.16. The van der Waals surface area contributed by atoms with Crippen LogP contribution in [0.1, 0.15) is 31.9 Å². The lowest BCUT2D eigenvalue weighted by atomic mass is 10.1. The van der Waals surface area contributed by atoms with E-state index in [1.54, 1.807) is 0 Å². The number of fused-ring (bicyclic) bond motifs is 1. The van der Waals surface area contributed by atoms with E-state index in [1.165, 1.54) is 12.1 Å². The van der Waals surface area contributed by atoms with Gasteiger partial charge in [-0.3, -0.25) is 4.99 Å². The molecule has 0 bridgehead atoms. The molecule has 0 saturated carbocycles. The highest BCUT2D eigenvalue weighted by atomic mass is 19.1. The first kappa shape index (κ1) is 15.6. The minimum absolute atomic E-state index is 0.133. The van der Waals surface area contributed by atoms with E-state index in [0.29, 0.717) is 31.3 Å². The third kappa shape index (κ3) is 4.60. The van der Waals surface area contributed by atoms with Crippen molar-refractivity contribution in [2.24, 2.45) is 10.7 Å². The summed E-state index contributed by atoms with van der Waals surface area (Å²) in [6.45, 7) is 7.05. The Labute approximate surface area is 124 Å². The Morgan fingerprint density at radius 2 is 2.19 bits per heavy atom. The van der Waals surface area contributed by atoms with Crippen molar-refractivity contribution in [1.82, 2.24) is 5.32 Å². The lowest BCUT2D eigenvalue weighted by molar-refractivity contribution is -0.0172. The third-order valence-corrected chi connectivity index (χ3v) is 2.92. The van der Waals surface area contributed by atoms with Gasteiger partial charge in [0.05, 0.1) is 6.61 Å². The molecule has 0 atom stereocenters. The normalized spacial score (nSPS) is 15.3. The molecular formula is C15H22FN3O2. The highest BCUT2D eigenvalue weighted by Gasteiger charge is 2.16. The van der Waals surface area contributed by atoms with Gasteiger partial charge in [0.25, 0.3) is 0 Å². The molecule has 0 unspecified atom stereocenters. The minimum Gasteiger partial charge on any atom is -0.467 e. The summed E-state index contributed by atoms with van der Waals surface area (Å²) >= 11 is 0. The quantitative estimate of drug-likeness (QED) is 0.660. The predicted octanol–water partition coefficient (Wildman–Crippen LogP) is 1.94. The number of halogens is 1. The van der Waals surface area contributed by atoms with E-state index in [0.717, 1.165) is 11.1 Å². The van der Waals surface area contributed by atoms with Crippen molar-refractivity contribution >= 4 is 5.96 Å². The zero-order chi connectivity index (χ0) is 15.5. The summed E-state index contributed by atoms with van der Waals surface area (Å²) in [7, 11) is 0.